The van der Waals surface area contributed by atoms with Crippen molar-refractivity contribution in [1.82, 2.24) is 9.88 Å². The Morgan fingerprint density at radius 1 is 1.13 bits per heavy atom. The highest BCUT2D eigenvalue weighted by Crippen LogP contribution is 2.52. The summed E-state index contributed by atoms with van der Waals surface area (Å²) in [6.45, 7) is -0.190. The molecule has 2 N–H and O–H groups in total. The molecule has 31 heavy (non-hydrogen) atoms. The van der Waals surface area contributed by atoms with Gasteiger partial charge in [-0.3, -0.25) is 29.1 Å². The molecule has 3 atom stereocenters. The molecule has 7 nitrogen and oxygen atoms in total. The Bertz CT molecular complexity index is 1250. The Labute approximate surface area is 193 Å². The van der Waals surface area contributed by atoms with Crippen LogP contribution in [-0.4, -0.2) is 27.5 Å². The number of thiophene rings is 1. The number of thioether (sulfide) groups is 1. The lowest BCUT2D eigenvalue weighted by molar-refractivity contribution is -0.126. The summed E-state index contributed by atoms with van der Waals surface area (Å²) in [6, 6.07) is 10.5. The van der Waals surface area contributed by atoms with Crippen LogP contribution >= 0.6 is 46.0 Å². The van der Waals surface area contributed by atoms with E-state index in [9.17, 15) is 19.2 Å². The molecule has 0 bridgehead atoms. The summed E-state index contributed by atoms with van der Waals surface area (Å²) in [7, 11) is 0. The number of halogens is 1. The van der Waals surface area contributed by atoms with Crippen LogP contribution in [0.25, 0.3) is 0 Å². The van der Waals surface area contributed by atoms with Crippen LogP contribution in [0, 0.1) is 5.92 Å². The van der Waals surface area contributed by atoms with E-state index in [1.807, 2.05) is 17.5 Å². The van der Waals surface area contributed by atoms with Gasteiger partial charge in [0.1, 0.15) is 11.8 Å². The van der Waals surface area contributed by atoms with Crippen molar-refractivity contribution in [2.45, 2.75) is 22.7 Å². The van der Waals surface area contributed by atoms with Crippen molar-refractivity contribution >= 4 is 69.4 Å². The van der Waals surface area contributed by atoms with Crippen LogP contribution in [0.2, 0.25) is 5.02 Å². The standard InChI is InChI=1S/C20H14ClN3O4S3/c21-9-3-5-10(6-4-9)22-12(25)8-24-19-16(31-20(24)28)13(11-2-1-7-29-11)14-15(30-19)18(27)23-17(14)26/h1-7,13-15H,8H2,(H,22,25)(H,23,26,27)/t13-,14?,15?/m0/s1. The minimum atomic E-state index is -0.633. The lowest BCUT2D eigenvalue weighted by atomic mass is 9.87. The number of carbonyl (C=O) groups is 3. The Kier molecular flexibility index (Phi) is 5.25. The summed E-state index contributed by atoms with van der Waals surface area (Å²) < 4.78 is 1.39. The van der Waals surface area contributed by atoms with E-state index in [1.54, 1.807) is 24.3 Å². The van der Waals surface area contributed by atoms with Gasteiger partial charge in [0, 0.05) is 26.4 Å². The number of anilines is 1. The lowest BCUT2D eigenvalue weighted by Gasteiger charge is -2.29. The zero-order valence-electron chi connectivity index (χ0n) is 15.7. The number of imide groups is 1. The van der Waals surface area contributed by atoms with Gasteiger partial charge in [0.05, 0.1) is 10.9 Å². The van der Waals surface area contributed by atoms with E-state index in [0.29, 0.717) is 15.7 Å². The minimum absolute atomic E-state index is 0.190. The first-order chi connectivity index (χ1) is 14.9. The first-order valence-electron chi connectivity index (χ1n) is 9.26. The van der Waals surface area contributed by atoms with Crippen LogP contribution in [0.3, 0.4) is 0 Å². The average Bonchev–Trinajstić information content (AvgIpc) is 3.43. The summed E-state index contributed by atoms with van der Waals surface area (Å²) in [6.07, 6.45) is 0. The van der Waals surface area contributed by atoms with Crippen LogP contribution < -0.4 is 15.5 Å². The molecule has 2 aliphatic heterocycles. The van der Waals surface area contributed by atoms with E-state index >= 15 is 0 Å². The highest BCUT2D eigenvalue weighted by molar-refractivity contribution is 8.00. The van der Waals surface area contributed by atoms with Crippen molar-refractivity contribution in [1.29, 1.82) is 0 Å². The fourth-order valence-electron chi connectivity index (χ4n) is 3.83. The molecule has 2 aliphatic rings. The van der Waals surface area contributed by atoms with E-state index < -0.39 is 11.2 Å². The quantitative estimate of drug-likeness (QED) is 0.546. The maximum atomic E-state index is 12.8. The summed E-state index contributed by atoms with van der Waals surface area (Å²) in [4.78, 5) is 51.8. The Morgan fingerprint density at radius 3 is 2.61 bits per heavy atom. The zero-order valence-corrected chi connectivity index (χ0v) is 18.9. The third-order valence-corrected chi connectivity index (χ3v) is 8.99. The van der Waals surface area contributed by atoms with Gasteiger partial charge in [-0.05, 0) is 35.7 Å². The SMILES string of the molecule is O=C(Cn1c2c(sc1=O)[C@@H](c1cccs1)C1C(=O)NC(=O)C1S2)Nc1ccc(Cl)cc1. The number of hydrogen-bond donors (Lipinski definition) is 2. The molecule has 2 unspecified atom stereocenters. The van der Waals surface area contributed by atoms with Crippen molar-refractivity contribution in [2.24, 2.45) is 5.92 Å². The van der Waals surface area contributed by atoms with Crippen molar-refractivity contribution in [3.8, 4) is 0 Å². The van der Waals surface area contributed by atoms with Crippen LogP contribution in [0.4, 0.5) is 5.69 Å². The Morgan fingerprint density at radius 2 is 1.90 bits per heavy atom. The molecular weight excluding hydrogens is 478 g/mol. The van der Waals surface area contributed by atoms with Gasteiger partial charge in [-0.1, -0.05) is 40.8 Å². The number of aromatic nitrogens is 1. The third-order valence-electron chi connectivity index (χ3n) is 5.17. The first kappa shape index (κ1) is 20.5. The molecule has 1 aromatic carbocycles. The van der Waals surface area contributed by atoms with Crippen molar-refractivity contribution in [3.63, 3.8) is 0 Å². The van der Waals surface area contributed by atoms with Gasteiger partial charge in [0.15, 0.2) is 0 Å². The molecule has 0 aliphatic carbocycles. The minimum Gasteiger partial charge on any atom is -0.325 e. The highest BCUT2D eigenvalue weighted by atomic mass is 35.5. The first-order valence-corrected chi connectivity index (χ1v) is 12.2. The maximum absolute atomic E-state index is 12.8. The van der Waals surface area contributed by atoms with E-state index in [2.05, 4.69) is 10.6 Å². The molecular formula is C20H14ClN3O4S3. The summed E-state index contributed by atoms with van der Waals surface area (Å²) in [5.74, 6) is -2.00. The number of rotatable bonds is 4. The summed E-state index contributed by atoms with van der Waals surface area (Å²) in [5, 5.41) is 7.57. The molecule has 1 saturated heterocycles. The number of fused-ring (bicyclic) bond motifs is 2. The summed E-state index contributed by atoms with van der Waals surface area (Å²) in [5.41, 5.74) is 0.566. The van der Waals surface area contributed by atoms with Crippen LogP contribution in [0.1, 0.15) is 15.7 Å². The van der Waals surface area contributed by atoms with E-state index in [-0.39, 0.29) is 35.1 Å². The number of carbonyl (C=O) groups excluding carboxylic acids is 3. The monoisotopic (exact) mass is 491 g/mol. The fourth-order valence-corrected chi connectivity index (χ4v) is 7.64. The average molecular weight is 492 g/mol. The summed E-state index contributed by atoms with van der Waals surface area (Å²) >= 11 is 9.57. The topological polar surface area (TPSA) is 97.3 Å². The van der Waals surface area contributed by atoms with Gasteiger partial charge in [-0.2, -0.15) is 0 Å². The van der Waals surface area contributed by atoms with E-state index in [0.717, 1.165) is 21.1 Å². The number of thiazole rings is 1. The van der Waals surface area contributed by atoms with Crippen LogP contribution in [0.5, 0.6) is 0 Å². The molecule has 0 radical (unpaired) electrons. The van der Waals surface area contributed by atoms with Crippen molar-refractivity contribution in [3.05, 3.63) is 66.2 Å². The fraction of sp³-hybridized carbons (Fsp3) is 0.200. The molecule has 158 valence electrons. The normalized spacial score (nSPS) is 22.0. The number of benzene rings is 1. The van der Waals surface area contributed by atoms with Gasteiger partial charge in [0.25, 0.3) is 0 Å². The molecule has 5 rings (SSSR count). The lowest BCUT2D eigenvalue weighted by Crippen LogP contribution is -2.32. The van der Waals surface area contributed by atoms with Gasteiger partial charge < -0.3 is 5.32 Å². The second-order valence-electron chi connectivity index (χ2n) is 7.09. The predicted octanol–water partition coefficient (Wildman–Crippen LogP) is 3.14. The third kappa shape index (κ3) is 3.63. The molecule has 4 heterocycles. The number of hydrogen-bond acceptors (Lipinski definition) is 7. The highest BCUT2D eigenvalue weighted by Gasteiger charge is 2.53. The van der Waals surface area contributed by atoms with E-state index in [1.165, 1.54) is 27.7 Å². The van der Waals surface area contributed by atoms with Gasteiger partial charge >= 0.3 is 4.87 Å². The maximum Gasteiger partial charge on any atom is 0.308 e. The molecule has 3 amide bonds. The second kappa shape index (κ2) is 7.94. The van der Waals surface area contributed by atoms with Gasteiger partial charge in [0.2, 0.25) is 17.7 Å². The van der Waals surface area contributed by atoms with Gasteiger partial charge in [-0.15, -0.1) is 11.3 Å². The molecule has 3 aromatic rings. The van der Waals surface area contributed by atoms with Crippen LogP contribution in [0.15, 0.2) is 51.6 Å². The predicted molar refractivity (Wildman–Crippen MR) is 121 cm³/mol. The van der Waals surface area contributed by atoms with Crippen molar-refractivity contribution in [2.75, 3.05) is 5.32 Å². The van der Waals surface area contributed by atoms with Crippen LogP contribution in [-0.2, 0) is 20.9 Å². The molecule has 2 aromatic heterocycles. The number of nitrogens with one attached hydrogen (secondary N) is 2. The van der Waals surface area contributed by atoms with Crippen molar-refractivity contribution < 1.29 is 14.4 Å². The molecule has 0 spiro atoms. The van der Waals surface area contributed by atoms with Gasteiger partial charge in [-0.25, -0.2) is 0 Å². The Hall–Kier alpha value is -2.40. The molecule has 1 fully saturated rings. The number of amides is 3. The Balaban J connectivity index is 1.50. The number of nitrogens with zero attached hydrogens (tertiary/aromatic N) is 1. The molecule has 0 saturated carbocycles. The second-order valence-corrected chi connectivity index (χ2v) is 10.6. The molecule has 11 heteroatoms. The van der Waals surface area contributed by atoms with E-state index in [4.69, 9.17) is 11.6 Å². The largest absolute Gasteiger partial charge is 0.325 e. The zero-order chi connectivity index (χ0) is 21.7. The smallest absolute Gasteiger partial charge is 0.308 e.